The van der Waals surface area contributed by atoms with Crippen molar-refractivity contribution in [1.82, 2.24) is 0 Å². The molecule has 0 aliphatic carbocycles. The normalized spacial score (nSPS) is 11.1. The van der Waals surface area contributed by atoms with E-state index < -0.39 is 0 Å². The Balaban J connectivity index is 2.13. The van der Waals surface area contributed by atoms with E-state index in [0.717, 1.165) is 5.56 Å². The third-order valence-electron chi connectivity index (χ3n) is 3.03. The Hall–Kier alpha value is -2.20. The van der Waals surface area contributed by atoms with Gasteiger partial charge in [-0.15, -0.1) is 0 Å². The Kier molecular flexibility index (Phi) is 2.80. The van der Waals surface area contributed by atoms with Crippen LogP contribution in [-0.2, 0) is 6.54 Å². The van der Waals surface area contributed by atoms with Crippen LogP contribution in [-0.4, -0.2) is 0 Å². The van der Waals surface area contributed by atoms with Crippen molar-refractivity contribution < 1.29 is 13.2 Å². The van der Waals surface area contributed by atoms with Crippen molar-refractivity contribution in [2.24, 2.45) is 5.73 Å². The molecular formula is C15H11F2NO. The van der Waals surface area contributed by atoms with Gasteiger partial charge < -0.3 is 10.2 Å². The van der Waals surface area contributed by atoms with Gasteiger partial charge in [-0.05, 0) is 42.5 Å². The Morgan fingerprint density at radius 3 is 2.63 bits per heavy atom. The zero-order valence-electron chi connectivity index (χ0n) is 9.99. The summed E-state index contributed by atoms with van der Waals surface area (Å²) in [6, 6.07) is 10.6. The molecule has 0 spiro atoms. The summed E-state index contributed by atoms with van der Waals surface area (Å²) in [7, 11) is 0. The Morgan fingerprint density at radius 2 is 1.84 bits per heavy atom. The Bertz CT molecular complexity index is 749. The number of rotatable bonds is 2. The maximum Gasteiger partial charge on any atom is 0.135 e. The van der Waals surface area contributed by atoms with Crippen LogP contribution in [0.3, 0.4) is 0 Å². The van der Waals surface area contributed by atoms with Gasteiger partial charge in [0.05, 0.1) is 0 Å². The van der Waals surface area contributed by atoms with E-state index in [4.69, 9.17) is 10.2 Å². The van der Waals surface area contributed by atoms with Gasteiger partial charge in [0.2, 0.25) is 0 Å². The fourth-order valence-electron chi connectivity index (χ4n) is 2.04. The fraction of sp³-hybridized carbons (Fsp3) is 0.0667. The van der Waals surface area contributed by atoms with E-state index in [1.807, 2.05) is 0 Å². The van der Waals surface area contributed by atoms with E-state index in [1.165, 1.54) is 18.2 Å². The van der Waals surface area contributed by atoms with Gasteiger partial charge in [-0.2, -0.15) is 0 Å². The van der Waals surface area contributed by atoms with Gasteiger partial charge in [-0.25, -0.2) is 8.78 Å². The fourth-order valence-corrected chi connectivity index (χ4v) is 2.04. The highest BCUT2D eigenvalue weighted by Gasteiger charge is 2.09. The molecule has 2 aromatic carbocycles. The van der Waals surface area contributed by atoms with Crippen molar-refractivity contribution in [2.45, 2.75) is 6.54 Å². The summed E-state index contributed by atoms with van der Waals surface area (Å²) in [5.74, 6) is -0.0923. The van der Waals surface area contributed by atoms with Gasteiger partial charge in [-0.1, -0.05) is 0 Å². The third-order valence-corrected chi connectivity index (χ3v) is 3.03. The highest BCUT2D eigenvalue weighted by atomic mass is 19.1. The summed E-state index contributed by atoms with van der Waals surface area (Å²) >= 11 is 0. The van der Waals surface area contributed by atoms with Crippen LogP contribution in [0.5, 0.6) is 0 Å². The van der Waals surface area contributed by atoms with Gasteiger partial charge in [-0.3, -0.25) is 0 Å². The zero-order chi connectivity index (χ0) is 13.4. The maximum atomic E-state index is 13.4. The third kappa shape index (κ3) is 2.11. The topological polar surface area (TPSA) is 39.2 Å². The SMILES string of the molecule is NCc1cc(-c2cc3cc(F)ccc3o2)ccc1F. The first-order valence-corrected chi connectivity index (χ1v) is 5.85. The summed E-state index contributed by atoms with van der Waals surface area (Å²) < 4.78 is 32.1. The van der Waals surface area contributed by atoms with Crippen LogP contribution in [0.4, 0.5) is 8.78 Å². The minimum absolute atomic E-state index is 0.120. The molecule has 2 N–H and O–H groups in total. The summed E-state index contributed by atoms with van der Waals surface area (Å²) in [6.07, 6.45) is 0. The van der Waals surface area contributed by atoms with Gasteiger partial charge in [0, 0.05) is 23.1 Å². The quantitative estimate of drug-likeness (QED) is 0.759. The van der Waals surface area contributed by atoms with E-state index >= 15 is 0 Å². The monoisotopic (exact) mass is 259 g/mol. The molecule has 0 unspecified atom stereocenters. The molecule has 0 radical (unpaired) electrons. The first-order valence-electron chi connectivity index (χ1n) is 5.85. The molecule has 4 heteroatoms. The second kappa shape index (κ2) is 4.48. The van der Waals surface area contributed by atoms with Gasteiger partial charge in [0.25, 0.3) is 0 Å². The molecule has 1 heterocycles. The average Bonchev–Trinajstić information content (AvgIpc) is 2.82. The van der Waals surface area contributed by atoms with Crippen molar-refractivity contribution in [3.8, 4) is 11.3 Å². The molecule has 3 aromatic rings. The van der Waals surface area contributed by atoms with E-state index in [1.54, 1.807) is 24.3 Å². The van der Waals surface area contributed by atoms with Gasteiger partial charge in [0.1, 0.15) is 23.0 Å². The molecule has 3 rings (SSSR count). The molecule has 0 amide bonds. The maximum absolute atomic E-state index is 13.4. The molecule has 96 valence electrons. The molecule has 2 nitrogen and oxygen atoms in total. The molecule has 1 aromatic heterocycles. The van der Waals surface area contributed by atoms with Crippen LogP contribution >= 0.6 is 0 Å². The smallest absolute Gasteiger partial charge is 0.135 e. The zero-order valence-corrected chi connectivity index (χ0v) is 9.99. The van der Waals surface area contributed by atoms with E-state index in [2.05, 4.69) is 0 Å². The number of hydrogen-bond donors (Lipinski definition) is 1. The Morgan fingerprint density at radius 1 is 1.00 bits per heavy atom. The molecule has 0 atom stereocenters. The van der Waals surface area contributed by atoms with E-state index in [9.17, 15) is 8.78 Å². The lowest BCUT2D eigenvalue weighted by molar-refractivity contribution is 0.607. The minimum atomic E-state index is -0.339. The number of hydrogen-bond acceptors (Lipinski definition) is 2. The predicted molar refractivity (Wildman–Crippen MR) is 69.5 cm³/mol. The van der Waals surface area contributed by atoms with Gasteiger partial charge in [0.15, 0.2) is 0 Å². The van der Waals surface area contributed by atoms with Crippen LogP contribution in [0.2, 0.25) is 0 Å². The molecule has 0 fully saturated rings. The summed E-state index contributed by atoms with van der Waals surface area (Å²) in [5.41, 5.74) is 7.21. The lowest BCUT2D eigenvalue weighted by Crippen LogP contribution is -1.99. The molecule has 0 saturated carbocycles. The number of fused-ring (bicyclic) bond motifs is 1. The van der Waals surface area contributed by atoms with Crippen LogP contribution in [0, 0.1) is 11.6 Å². The number of halogens is 2. The lowest BCUT2D eigenvalue weighted by Gasteiger charge is -2.02. The average molecular weight is 259 g/mol. The van der Waals surface area contributed by atoms with Crippen molar-refractivity contribution in [2.75, 3.05) is 0 Å². The first-order chi connectivity index (χ1) is 9.17. The highest BCUT2D eigenvalue weighted by Crippen LogP contribution is 2.29. The second-order valence-corrected chi connectivity index (χ2v) is 4.30. The highest BCUT2D eigenvalue weighted by molar-refractivity contribution is 5.82. The van der Waals surface area contributed by atoms with Crippen molar-refractivity contribution in [1.29, 1.82) is 0 Å². The molecule has 19 heavy (non-hydrogen) atoms. The summed E-state index contributed by atoms with van der Waals surface area (Å²) in [5, 5.41) is 0.675. The molecule has 0 bridgehead atoms. The molecule has 0 aliphatic heterocycles. The van der Waals surface area contributed by atoms with E-state index in [0.29, 0.717) is 22.3 Å². The van der Waals surface area contributed by atoms with Crippen molar-refractivity contribution >= 4 is 11.0 Å². The molecule has 0 aliphatic rings. The summed E-state index contributed by atoms with van der Waals surface area (Å²) in [4.78, 5) is 0. The second-order valence-electron chi connectivity index (χ2n) is 4.30. The Labute approximate surface area is 108 Å². The van der Waals surface area contributed by atoms with Crippen LogP contribution in [0.15, 0.2) is 46.9 Å². The van der Waals surface area contributed by atoms with Crippen LogP contribution < -0.4 is 5.73 Å². The van der Waals surface area contributed by atoms with Crippen LogP contribution in [0.1, 0.15) is 5.56 Å². The summed E-state index contributed by atoms with van der Waals surface area (Å²) in [6.45, 7) is 0.120. The molecular weight excluding hydrogens is 248 g/mol. The van der Waals surface area contributed by atoms with Crippen molar-refractivity contribution in [3.05, 3.63) is 59.7 Å². The molecule has 0 saturated heterocycles. The number of furan rings is 1. The van der Waals surface area contributed by atoms with Crippen LogP contribution in [0.25, 0.3) is 22.3 Å². The van der Waals surface area contributed by atoms with Crippen molar-refractivity contribution in [3.63, 3.8) is 0 Å². The standard InChI is InChI=1S/C15H11F2NO/c16-12-2-4-14-10(6-12)7-15(19-14)9-1-3-13(17)11(5-9)8-18/h1-7H,8,18H2. The predicted octanol–water partition coefficient (Wildman–Crippen LogP) is 3.84. The van der Waals surface area contributed by atoms with E-state index in [-0.39, 0.29) is 18.2 Å². The lowest BCUT2D eigenvalue weighted by atomic mass is 10.1. The number of benzene rings is 2. The minimum Gasteiger partial charge on any atom is -0.456 e. The van der Waals surface area contributed by atoms with Gasteiger partial charge >= 0.3 is 0 Å². The number of nitrogens with two attached hydrogens (primary N) is 1. The largest absolute Gasteiger partial charge is 0.456 e. The first kappa shape index (κ1) is 11.9.